The summed E-state index contributed by atoms with van der Waals surface area (Å²) >= 11 is 10.2. The third-order valence-electron chi connectivity index (χ3n) is 0.771. The summed E-state index contributed by atoms with van der Waals surface area (Å²) in [5, 5.41) is 0. The van der Waals surface area contributed by atoms with E-state index < -0.39 is 6.12 Å². The van der Waals surface area contributed by atoms with Crippen molar-refractivity contribution in [3.63, 3.8) is 0 Å². The minimum absolute atomic E-state index is 0. The molecular formula is C8H18LiO2PS2. The molecule has 0 heterocycles. The maximum absolute atomic E-state index is 5.52. The van der Waals surface area contributed by atoms with Crippen molar-refractivity contribution < 1.29 is 27.9 Å². The van der Waals surface area contributed by atoms with Crippen LogP contribution in [-0.2, 0) is 33.5 Å². The normalized spacial score (nSPS) is 13.7. The SMILES string of the molecule is CC(C)(C)O[P+]([S-])([S-])OC(C)(C)C.[Li+]. The summed E-state index contributed by atoms with van der Waals surface area (Å²) in [6, 6.07) is 0. The van der Waals surface area contributed by atoms with Gasteiger partial charge in [0, 0.05) is 6.12 Å². The Kier molecular flexibility index (Phi) is 7.50. The quantitative estimate of drug-likeness (QED) is 0.400. The monoisotopic (exact) mass is 248 g/mol. The molecule has 0 aliphatic rings. The van der Waals surface area contributed by atoms with Gasteiger partial charge in [0.2, 0.25) is 0 Å². The van der Waals surface area contributed by atoms with E-state index in [1.54, 1.807) is 0 Å². The summed E-state index contributed by atoms with van der Waals surface area (Å²) in [6.45, 7) is 11.5. The fourth-order valence-corrected chi connectivity index (χ4v) is 4.75. The Labute approximate surface area is 111 Å². The molecule has 0 aromatic rings. The van der Waals surface area contributed by atoms with Gasteiger partial charge in [0.1, 0.15) is 11.2 Å². The molecule has 0 atom stereocenters. The summed E-state index contributed by atoms with van der Waals surface area (Å²) < 4.78 is 11.0. The summed E-state index contributed by atoms with van der Waals surface area (Å²) in [6.07, 6.45) is -2.52. The fourth-order valence-electron chi connectivity index (χ4n) is 0.689. The third kappa shape index (κ3) is 11.7. The average molecular weight is 248 g/mol. The summed E-state index contributed by atoms with van der Waals surface area (Å²) in [5.74, 6) is 0. The second kappa shape index (κ2) is 5.82. The minimum Gasteiger partial charge on any atom is -0.515 e. The first-order valence-corrected chi connectivity index (χ1v) is 7.79. The van der Waals surface area contributed by atoms with Crippen molar-refractivity contribution in [2.45, 2.75) is 52.7 Å². The third-order valence-corrected chi connectivity index (χ3v) is 3.21. The Bertz CT molecular complexity index is 157. The van der Waals surface area contributed by atoms with Crippen molar-refractivity contribution in [2.75, 3.05) is 0 Å². The van der Waals surface area contributed by atoms with Gasteiger partial charge in [-0.05, 0) is 41.5 Å². The van der Waals surface area contributed by atoms with Crippen LogP contribution in [0, 0.1) is 0 Å². The van der Waals surface area contributed by atoms with Crippen LogP contribution in [0.25, 0.3) is 0 Å². The Morgan fingerprint density at radius 2 is 1.00 bits per heavy atom. The van der Waals surface area contributed by atoms with Crippen LogP contribution in [0.2, 0.25) is 0 Å². The van der Waals surface area contributed by atoms with Crippen molar-refractivity contribution in [1.29, 1.82) is 0 Å². The van der Waals surface area contributed by atoms with Crippen LogP contribution in [0.5, 0.6) is 0 Å². The Morgan fingerprint density at radius 1 is 0.786 bits per heavy atom. The van der Waals surface area contributed by atoms with Gasteiger partial charge in [0.05, 0.1) is 0 Å². The van der Waals surface area contributed by atoms with Crippen molar-refractivity contribution in [1.82, 2.24) is 0 Å². The van der Waals surface area contributed by atoms with Crippen molar-refractivity contribution in [2.24, 2.45) is 0 Å². The van der Waals surface area contributed by atoms with E-state index in [2.05, 4.69) is 0 Å². The molecule has 0 aromatic carbocycles. The second-order valence-electron chi connectivity index (χ2n) is 4.85. The maximum Gasteiger partial charge on any atom is 1.00 e. The second-order valence-corrected chi connectivity index (χ2v) is 9.69. The van der Waals surface area contributed by atoms with Crippen LogP contribution >= 0.6 is 6.12 Å². The fraction of sp³-hybridized carbons (Fsp3) is 1.00. The molecule has 0 aliphatic carbocycles. The van der Waals surface area contributed by atoms with Crippen molar-refractivity contribution >= 4 is 30.6 Å². The van der Waals surface area contributed by atoms with Gasteiger partial charge >= 0.3 is 18.9 Å². The van der Waals surface area contributed by atoms with E-state index in [9.17, 15) is 0 Å². The summed E-state index contributed by atoms with van der Waals surface area (Å²) in [7, 11) is 0. The molecule has 0 amide bonds. The number of hydrogen-bond donors (Lipinski definition) is 0. The molecule has 80 valence electrons. The van der Waals surface area contributed by atoms with Crippen LogP contribution in [-0.4, -0.2) is 11.2 Å². The van der Waals surface area contributed by atoms with E-state index in [0.29, 0.717) is 0 Å². The predicted octanol–water partition coefficient (Wildman–Crippen LogP) is 0.392. The van der Waals surface area contributed by atoms with Crippen LogP contribution in [0.3, 0.4) is 0 Å². The molecule has 6 heteroatoms. The van der Waals surface area contributed by atoms with Gasteiger partial charge in [-0.3, -0.25) is 0 Å². The van der Waals surface area contributed by atoms with Gasteiger partial charge in [-0.15, -0.1) is 0 Å². The largest absolute Gasteiger partial charge is 1.00 e. The van der Waals surface area contributed by atoms with E-state index in [0.717, 1.165) is 0 Å². The molecule has 0 fully saturated rings. The van der Waals surface area contributed by atoms with Crippen LogP contribution in [0.4, 0.5) is 0 Å². The van der Waals surface area contributed by atoms with Crippen molar-refractivity contribution in [3.05, 3.63) is 0 Å². The smallest absolute Gasteiger partial charge is 0.515 e. The van der Waals surface area contributed by atoms with Gasteiger partial charge in [-0.2, -0.15) is 0 Å². The van der Waals surface area contributed by atoms with Gasteiger partial charge in [-0.25, -0.2) is 9.05 Å². The van der Waals surface area contributed by atoms with E-state index in [4.69, 9.17) is 33.5 Å². The van der Waals surface area contributed by atoms with Gasteiger partial charge in [0.25, 0.3) is 0 Å². The van der Waals surface area contributed by atoms with Crippen LogP contribution in [0.15, 0.2) is 0 Å². The van der Waals surface area contributed by atoms with Crippen LogP contribution in [0.1, 0.15) is 41.5 Å². The molecule has 0 spiro atoms. The van der Waals surface area contributed by atoms with E-state index in [1.807, 2.05) is 41.5 Å². The molecule has 14 heavy (non-hydrogen) atoms. The maximum atomic E-state index is 5.52. The van der Waals surface area contributed by atoms with Gasteiger partial charge in [0.15, 0.2) is 0 Å². The minimum atomic E-state index is -2.52. The van der Waals surface area contributed by atoms with E-state index in [-0.39, 0.29) is 30.1 Å². The molecule has 0 unspecified atom stereocenters. The van der Waals surface area contributed by atoms with E-state index >= 15 is 0 Å². The molecular weight excluding hydrogens is 230 g/mol. The molecule has 2 nitrogen and oxygen atoms in total. The Hall–Kier alpha value is 1.65. The van der Waals surface area contributed by atoms with Gasteiger partial charge < -0.3 is 24.5 Å². The van der Waals surface area contributed by atoms with Crippen molar-refractivity contribution in [3.8, 4) is 0 Å². The number of hydrogen-bond acceptors (Lipinski definition) is 4. The zero-order valence-electron chi connectivity index (χ0n) is 10.1. The molecule has 0 saturated heterocycles. The molecule has 0 saturated carbocycles. The average Bonchev–Trinajstić information content (AvgIpc) is 1.43. The van der Waals surface area contributed by atoms with Crippen LogP contribution < -0.4 is 18.9 Å². The Balaban J connectivity index is 0. The molecule has 0 aliphatic heterocycles. The molecule has 0 bridgehead atoms. The summed E-state index contributed by atoms with van der Waals surface area (Å²) in [5.41, 5.74) is -0.662. The Morgan fingerprint density at radius 3 is 1.14 bits per heavy atom. The topological polar surface area (TPSA) is 18.5 Å². The number of rotatable bonds is 2. The van der Waals surface area contributed by atoms with Gasteiger partial charge in [-0.1, -0.05) is 0 Å². The predicted molar refractivity (Wildman–Crippen MR) is 63.3 cm³/mol. The van der Waals surface area contributed by atoms with E-state index in [1.165, 1.54) is 0 Å². The first-order valence-electron chi connectivity index (χ1n) is 4.14. The first kappa shape index (κ1) is 18.0. The molecule has 0 radical (unpaired) electrons. The summed E-state index contributed by atoms with van der Waals surface area (Å²) in [4.78, 5) is 0. The zero-order chi connectivity index (χ0) is 10.9. The molecule has 0 N–H and O–H groups in total. The molecule has 0 aromatic heterocycles. The first-order chi connectivity index (χ1) is 5.41. The zero-order valence-corrected chi connectivity index (χ0v) is 12.6. The standard InChI is InChI=1S/C8H19O2PS2.Li/c1-7(2,3)9-11(12,13)10-8(4,5)6;/h1-6H3,(H,12,13);/q;+1/p-1. The molecule has 0 rings (SSSR count).